The van der Waals surface area contributed by atoms with Crippen molar-refractivity contribution in [3.05, 3.63) is 69.0 Å². The van der Waals surface area contributed by atoms with Crippen molar-refractivity contribution in [2.24, 2.45) is 0 Å². The number of carbonyl (C=O) groups excluding carboxylic acids is 2. The largest absolute Gasteiger partial charge is 0.483 e. The Morgan fingerprint density at radius 1 is 1.06 bits per heavy atom. The van der Waals surface area contributed by atoms with Crippen molar-refractivity contribution < 1.29 is 19.1 Å². The highest BCUT2D eigenvalue weighted by Gasteiger charge is 2.27. The molecule has 7 heteroatoms. The summed E-state index contributed by atoms with van der Waals surface area (Å²) in [4.78, 5) is 26.0. The molecular formula is C24H22BrNO4S. The van der Waals surface area contributed by atoms with Gasteiger partial charge < -0.3 is 14.8 Å². The minimum absolute atomic E-state index is 0.160. The van der Waals surface area contributed by atoms with Crippen LogP contribution in [0.25, 0.3) is 11.1 Å². The van der Waals surface area contributed by atoms with Crippen LogP contribution in [0.2, 0.25) is 0 Å². The van der Waals surface area contributed by atoms with Crippen molar-refractivity contribution in [3.63, 3.8) is 0 Å². The molecule has 0 radical (unpaired) electrons. The third kappa shape index (κ3) is 4.83. The predicted molar refractivity (Wildman–Crippen MR) is 126 cm³/mol. The number of methoxy groups -OCH3 is 1. The molecule has 4 rings (SSSR count). The Morgan fingerprint density at radius 3 is 2.58 bits per heavy atom. The molecule has 160 valence electrons. The van der Waals surface area contributed by atoms with Crippen LogP contribution in [-0.2, 0) is 22.4 Å². The number of anilines is 1. The first-order valence-corrected chi connectivity index (χ1v) is 11.7. The molecule has 31 heavy (non-hydrogen) atoms. The number of thiophene rings is 1. The maximum Gasteiger partial charge on any atom is 0.341 e. The van der Waals surface area contributed by atoms with Crippen molar-refractivity contribution in [1.29, 1.82) is 0 Å². The molecule has 5 nitrogen and oxygen atoms in total. The highest BCUT2D eigenvalue weighted by molar-refractivity contribution is 9.10. The molecule has 1 aliphatic carbocycles. The zero-order valence-electron chi connectivity index (χ0n) is 17.1. The van der Waals surface area contributed by atoms with Crippen molar-refractivity contribution in [2.45, 2.75) is 25.7 Å². The number of ether oxygens (including phenoxy) is 2. The van der Waals surface area contributed by atoms with E-state index >= 15 is 0 Å². The van der Waals surface area contributed by atoms with Crippen LogP contribution in [0.3, 0.4) is 0 Å². The molecule has 0 aliphatic heterocycles. The smallest absolute Gasteiger partial charge is 0.341 e. The average molecular weight is 500 g/mol. The second-order valence-electron chi connectivity index (χ2n) is 7.25. The van der Waals surface area contributed by atoms with Gasteiger partial charge in [0.05, 0.1) is 17.1 Å². The van der Waals surface area contributed by atoms with E-state index in [2.05, 4.69) is 21.2 Å². The van der Waals surface area contributed by atoms with Crippen LogP contribution < -0.4 is 10.1 Å². The molecule has 0 unspecified atom stereocenters. The van der Waals surface area contributed by atoms with E-state index in [1.165, 1.54) is 18.4 Å². The van der Waals surface area contributed by atoms with Gasteiger partial charge in [-0.2, -0.15) is 0 Å². The van der Waals surface area contributed by atoms with Crippen LogP contribution in [0.15, 0.2) is 53.0 Å². The summed E-state index contributed by atoms with van der Waals surface area (Å²) in [7, 11) is 1.36. The van der Waals surface area contributed by atoms with Gasteiger partial charge in [-0.3, -0.25) is 4.79 Å². The first kappa shape index (κ1) is 21.6. The molecule has 1 N–H and O–H groups in total. The number of fused-ring (bicyclic) bond motifs is 1. The average Bonchev–Trinajstić information content (AvgIpc) is 3.16. The molecule has 2 aromatic carbocycles. The maximum atomic E-state index is 12.6. The van der Waals surface area contributed by atoms with E-state index in [1.54, 1.807) is 0 Å². The molecule has 0 saturated carbocycles. The molecule has 3 aromatic rings. The molecule has 0 fully saturated rings. The zero-order valence-corrected chi connectivity index (χ0v) is 19.5. The van der Waals surface area contributed by atoms with Gasteiger partial charge in [-0.05, 0) is 70.4 Å². The number of halogens is 1. The summed E-state index contributed by atoms with van der Waals surface area (Å²) >= 11 is 4.98. The van der Waals surface area contributed by atoms with E-state index in [1.807, 2.05) is 48.5 Å². The van der Waals surface area contributed by atoms with Crippen molar-refractivity contribution >= 4 is 44.1 Å². The standard InChI is InChI=1S/C24H22BrNO4S/c1-29-24(28)22-17-9-5-6-10-20(17)31-23(22)26-21(27)14-30-19-12-11-16(13-18(19)25)15-7-3-2-4-8-15/h2-4,7-8,11-13H,5-6,9-10,14H2,1H3,(H,26,27). The summed E-state index contributed by atoms with van der Waals surface area (Å²) in [5, 5.41) is 3.40. The number of benzene rings is 2. The molecule has 0 bridgehead atoms. The number of nitrogens with one attached hydrogen (secondary N) is 1. The van der Waals surface area contributed by atoms with E-state index in [0.717, 1.165) is 51.7 Å². The molecule has 1 heterocycles. The van der Waals surface area contributed by atoms with Crippen LogP contribution in [0.5, 0.6) is 5.75 Å². The minimum Gasteiger partial charge on any atom is -0.483 e. The van der Waals surface area contributed by atoms with Crippen LogP contribution in [-0.4, -0.2) is 25.6 Å². The maximum absolute atomic E-state index is 12.6. The second kappa shape index (κ2) is 9.66. The molecule has 1 aliphatic rings. The SMILES string of the molecule is COC(=O)c1c(NC(=O)COc2ccc(-c3ccccc3)cc2Br)sc2c1CCCC2. The number of carbonyl (C=O) groups is 2. The summed E-state index contributed by atoms with van der Waals surface area (Å²) in [6.45, 7) is -0.160. The fourth-order valence-electron chi connectivity index (χ4n) is 3.71. The minimum atomic E-state index is -0.408. The number of aryl methyl sites for hydroxylation is 1. The molecule has 1 amide bonds. The highest BCUT2D eigenvalue weighted by atomic mass is 79.9. The molecule has 0 spiro atoms. The monoisotopic (exact) mass is 499 g/mol. The summed E-state index contributed by atoms with van der Waals surface area (Å²) in [5.41, 5.74) is 3.66. The van der Waals surface area contributed by atoms with E-state index in [-0.39, 0.29) is 12.5 Å². The van der Waals surface area contributed by atoms with Gasteiger partial charge >= 0.3 is 5.97 Å². The Hall–Kier alpha value is -2.64. The number of hydrogen-bond donors (Lipinski definition) is 1. The number of esters is 1. The van der Waals surface area contributed by atoms with Gasteiger partial charge in [-0.1, -0.05) is 36.4 Å². The lowest BCUT2D eigenvalue weighted by atomic mass is 9.95. The van der Waals surface area contributed by atoms with Crippen LogP contribution in [0.1, 0.15) is 33.6 Å². The lowest BCUT2D eigenvalue weighted by Gasteiger charge is -2.12. The molecular weight excluding hydrogens is 478 g/mol. The Bertz CT molecular complexity index is 1110. The van der Waals surface area contributed by atoms with Crippen LogP contribution in [0.4, 0.5) is 5.00 Å². The second-order valence-corrected chi connectivity index (χ2v) is 9.21. The number of rotatable bonds is 6. The molecule has 0 atom stereocenters. The normalized spacial score (nSPS) is 12.7. The van der Waals surface area contributed by atoms with E-state index in [9.17, 15) is 9.59 Å². The Labute approximate surface area is 193 Å². The molecule has 1 aromatic heterocycles. The van der Waals surface area contributed by atoms with Gasteiger partial charge in [0.2, 0.25) is 0 Å². The van der Waals surface area contributed by atoms with Gasteiger partial charge in [-0.25, -0.2) is 4.79 Å². The quantitative estimate of drug-likeness (QED) is 0.431. The first-order chi connectivity index (χ1) is 15.1. The zero-order chi connectivity index (χ0) is 21.8. The summed E-state index contributed by atoms with van der Waals surface area (Å²) in [6.07, 6.45) is 3.90. The van der Waals surface area contributed by atoms with Gasteiger partial charge in [0.15, 0.2) is 6.61 Å². The fraction of sp³-hybridized carbons (Fsp3) is 0.250. The highest BCUT2D eigenvalue weighted by Crippen LogP contribution is 2.38. The van der Waals surface area contributed by atoms with E-state index < -0.39 is 5.97 Å². The van der Waals surface area contributed by atoms with Crippen molar-refractivity contribution in [3.8, 4) is 16.9 Å². The number of hydrogen-bond acceptors (Lipinski definition) is 5. The number of amides is 1. The summed E-state index contributed by atoms with van der Waals surface area (Å²) in [5.74, 6) is -0.147. The van der Waals surface area contributed by atoms with Gasteiger partial charge in [0.25, 0.3) is 5.91 Å². The third-order valence-corrected chi connectivity index (χ3v) is 7.04. The third-order valence-electron chi connectivity index (χ3n) is 5.21. The van der Waals surface area contributed by atoms with Crippen molar-refractivity contribution in [1.82, 2.24) is 0 Å². The Morgan fingerprint density at radius 2 is 1.84 bits per heavy atom. The predicted octanol–water partition coefficient (Wildman–Crippen LogP) is 5.86. The van der Waals surface area contributed by atoms with Gasteiger partial charge in [0, 0.05) is 4.88 Å². The Kier molecular flexibility index (Phi) is 6.73. The first-order valence-electron chi connectivity index (χ1n) is 10.1. The van der Waals surface area contributed by atoms with Crippen molar-refractivity contribution in [2.75, 3.05) is 19.0 Å². The summed E-state index contributed by atoms with van der Waals surface area (Å²) in [6, 6.07) is 15.8. The van der Waals surface area contributed by atoms with Gasteiger partial charge in [-0.15, -0.1) is 11.3 Å². The molecule has 0 saturated heterocycles. The lowest BCUT2D eigenvalue weighted by Crippen LogP contribution is -2.21. The van der Waals surface area contributed by atoms with Gasteiger partial charge in [0.1, 0.15) is 10.8 Å². The summed E-state index contributed by atoms with van der Waals surface area (Å²) < 4.78 is 11.4. The van der Waals surface area contributed by atoms with Crippen LogP contribution in [0, 0.1) is 0 Å². The van der Waals surface area contributed by atoms with E-state index in [0.29, 0.717) is 16.3 Å². The fourth-order valence-corrected chi connectivity index (χ4v) is 5.49. The van der Waals surface area contributed by atoms with Crippen LogP contribution >= 0.6 is 27.3 Å². The topological polar surface area (TPSA) is 64.6 Å². The van der Waals surface area contributed by atoms with E-state index in [4.69, 9.17) is 9.47 Å². The lowest BCUT2D eigenvalue weighted by molar-refractivity contribution is -0.118. The Balaban J connectivity index is 1.44.